The SMILES string of the molecule is COCC(=O)Nc1ccc(N2C(=S)NC(c3ccccn3)C2c2cc(C)n(-c3ccccc3C(F)(F)F)c2C)cc1C. The summed E-state index contributed by atoms with van der Waals surface area (Å²) in [5.74, 6) is -0.272. The Hall–Kier alpha value is -4.22. The van der Waals surface area contributed by atoms with Crippen LogP contribution >= 0.6 is 12.2 Å². The Balaban J connectivity index is 1.64. The van der Waals surface area contributed by atoms with E-state index in [0.29, 0.717) is 22.2 Å². The molecule has 218 valence electrons. The molecule has 1 saturated heterocycles. The van der Waals surface area contributed by atoms with Crippen LogP contribution in [0.1, 0.15) is 45.9 Å². The number of para-hydroxylation sites is 1. The molecular weight excluding hydrogens is 563 g/mol. The highest BCUT2D eigenvalue weighted by Gasteiger charge is 2.43. The smallest absolute Gasteiger partial charge is 0.375 e. The van der Waals surface area contributed by atoms with Crippen molar-refractivity contribution in [2.45, 2.75) is 39.0 Å². The predicted octanol–water partition coefficient (Wildman–Crippen LogP) is 6.58. The number of halogens is 3. The van der Waals surface area contributed by atoms with E-state index in [4.69, 9.17) is 17.0 Å². The minimum Gasteiger partial charge on any atom is -0.375 e. The first-order chi connectivity index (χ1) is 20.0. The maximum Gasteiger partial charge on any atom is 0.418 e. The Bertz CT molecular complexity index is 1640. The number of anilines is 2. The van der Waals surface area contributed by atoms with Gasteiger partial charge in [-0.3, -0.25) is 9.78 Å². The fraction of sp³-hybridized carbons (Fsp3) is 0.258. The van der Waals surface area contributed by atoms with E-state index in [1.807, 2.05) is 55.1 Å². The Morgan fingerprint density at radius 1 is 1.07 bits per heavy atom. The highest BCUT2D eigenvalue weighted by molar-refractivity contribution is 7.80. The highest BCUT2D eigenvalue weighted by atomic mass is 32.1. The van der Waals surface area contributed by atoms with Gasteiger partial charge in [0.15, 0.2) is 5.11 Å². The number of nitrogens with one attached hydrogen (secondary N) is 2. The number of hydrogen-bond donors (Lipinski definition) is 2. The van der Waals surface area contributed by atoms with Gasteiger partial charge in [0, 0.05) is 36.1 Å². The second-order valence-corrected chi connectivity index (χ2v) is 10.5. The topological polar surface area (TPSA) is 71.4 Å². The van der Waals surface area contributed by atoms with Gasteiger partial charge < -0.3 is 24.8 Å². The average Bonchev–Trinajstić information content (AvgIpc) is 3.44. The zero-order valence-corrected chi connectivity index (χ0v) is 24.3. The number of nitrogens with zero attached hydrogens (tertiary/aromatic N) is 3. The van der Waals surface area contributed by atoms with Crippen LogP contribution in [0.4, 0.5) is 24.5 Å². The number of aromatic nitrogens is 2. The first-order valence-corrected chi connectivity index (χ1v) is 13.7. The third-order valence-electron chi connectivity index (χ3n) is 7.38. The Labute approximate surface area is 247 Å². The van der Waals surface area contributed by atoms with Gasteiger partial charge in [-0.25, -0.2) is 0 Å². The molecule has 7 nitrogen and oxygen atoms in total. The number of ether oxygens (including phenoxy) is 1. The second-order valence-electron chi connectivity index (χ2n) is 10.2. The van der Waals surface area contributed by atoms with Crippen molar-refractivity contribution in [3.05, 3.63) is 107 Å². The van der Waals surface area contributed by atoms with Gasteiger partial charge in [-0.05, 0) is 92.6 Å². The van der Waals surface area contributed by atoms with Crippen LogP contribution in [0.2, 0.25) is 0 Å². The van der Waals surface area contributed by atoms with Gasteiger partial charge >= 0.3 is 6.18 Å². The van der Waals surface area contributed by atoms with E-state index in [9.17, 15) is 18.0 Å². The zero-order valence-electron chi connectivity index (χ0n) is 23.5. The molecule has 11 heteroatoms. The van der Waals surface area contributed by atoms with Crippen LogP contribution in [-0.4, -0.2) is 34.3 Å². The van der Waals surface area contributed by atoms with Crippen molar-refractivity contribution in [1.29, 1.82) is 0 Å². The largest absolute Gasteiger partial charge is 0.418 e. The number of aryl methyl sites for hydroxylation is 2. The zero-order chi connectivity index (χ0) is 30.2. The third-order valence-corrected chi connectivity index (χ3v) is 7.69. The summed E-state index contributed by atoms with van der Waals surface area (Å²) < 4.78 is 48.6. The molecule has 1 aliphatic heterocycles. The lowest BCUT2D eigenvalue weighted by Gasteiger charge is -2.29. The molecule has 0 saturated carbocycles. The molecule has 1 amide bonds. The fourth-order valence-corrected chi connectivity index (χ4v) is 5.92. The molecule has 0 spiro atoms. The van der Waals surface area contributed by atoms with E-state index >= 15 is 0 Å². The number of rotatable bonds is 7. The molecule has 42 heavy (non-hydrogen) atoms. The van der Waals surface area contributed by atoms with Gasteiger partial charge in [0.2, 0.25) is 5.91 Å². The van der Waals surface area contributed by atoms with E-state index in [0.717, 1.165) is 28.6 Å². The van der Waals surface area contributed by atoms with Gasteiger partial charge in [0.1, 0.15) is 6.61 Å². The maximum atomic E-state index is 14.0. The van der Waals surface area contributed by atoms with Crippen molar-refractivity contribution in [3.8, 4) is 5.69 Å². The molecule has 0 bridgehead atoms. The molecule has 5 rings (SSSR count). The summed E-state index contributed by atoms with van der Waals surface area (Å²) in [6.07, 6.45) is -2.82. The first-order valence-electron chi connectivity index (χ1n) is 13.3. The summed E-state index contributed by atoms with van der Waals surface area (Å²) >= 11 is 5.85. The Morgan fingerprint density at radius 3 is 2.48 bits per heavy atom. The Morgan fingerprint density at radius 2 is 1.81 bits per heavy atom. The minimum atomic E-state index is -4.52. The van der Waals surface area contributed by atoms with Crippen molar-refractivity contribution >= 4 is 34.6 Å². The number of carbonyl (C=O) groups is 1. The lowest BCUT2D eigenvalue weighted by molar-refractivity contribution is -0.137. The Kier molecular flexibility index (Phi) is 8.07. The third kappa shape index (κ3) is 5.49. The second kappa shape index (κ2) is 11.6. The number of thiocarbonyl (C=S) groups is 1. The molecule has 1 fully saturated rings. The van der Waals surface area contributed by atoms with Crippen molar-refractivity contribution < 1.29 is 22.7 Å². The summed E-state index contributed by atoms with van der Waals surface area (Å²) in [4.78, 5) is 18.7. The van der Waals surface area contributed by atoms with Crippen LogP contribution in [0.25, 0.3) is 5.69 Å². The molecule has 0 radical (unpaired) electrons. The number of alkyl halides is 3. The molecule has 0 aliphatic carbocycles. The van der Waals surface area contributed by atoms with Crippen molar-refractivity contribution in [3.63, 3.8) is 0 Å². The van der Waals surface area contributed by atoms with Crippen molar-refractivity contribution in [2.75, 3.05) is 23.9 Å². The predicted molar refractivity (Wildman–Crippen MR) is 160 cm³/mol. The van der Waals surface area contributed by atoms with E-state index in [2.05, 4.69) is 15.6 Å². The van der Waals surface area contributed by atoms with Gasteiger partial charge in [-0.15, -0.1) is 0 Å². The highest BCUT2D eigenvalue weighted by Crippen LogP contribution is 2.45. The molecule has 2 atom stereocenters. The number of benzene rings is 2. The van der Waals surface area contributed by atoms with Crippen LogP contribution in [0.3, 0.4) is 0 Å². The molecule has 3 heterocycles. The molecule has 2 N–H and O–H groups in total. The number of amides is 1. The van der Waals surface area contributed by atoms with Crippen molar-refractivity contribution in [1.82, 2.24) is 14.9 Å². The van der Waals surface area contributed by atoms with Crippen LogP contribution in [-0.2, 0) is 15.7 Å². The fourth-order valence-electron chi connectivity index (χ4n) is 5.57. The van der Waals surface area contributed by atoms with Crippen LogP contribution in [0.15, 0.2) is 72.9 Å². The van der Waals surface area contributed by atoms with E-state index in [1.54, 1.807) is 29.8 Å². The minimum absolute atomic E-state index is 0.0627. The summed E-state index contributed by atoms with van der Waals surface area (Å²) in [7, 11) is 1.45. The average molecular weight is 594 g/mol. The van der Waals surface area contributed by atoms with Crippen molar-refractivity contribution in [2.24, 2.45) is 0 Å². The number of hydrogen-bond acceptors (Lipinski definition) is 4. The van der Waals surface area contributed by atoms with Gasteiger partial charge in [-0.1, -0.05) is 18.2 Å². The van der Waals surface area contributed by atoms with E-state index in [1.165, 1.54) is 19.2 Å². The lowest BCUT2D eigenvalue weighted by atomic mass is 9.96. The summed E-state index contributed by atoms with van der Waals surface area (Å²) in [6.45, 7) is 5.43. The van der Waals surface area contributed by atoms with Crippen LogP contribution in [0.5, 0.6) is 0 Å². The lowest BCUT2D eigenvalue weighted by Crippen LogP contribution is -2.29. The molecule has 2 unspecified atom stereocenters. The summed E-state index contributed by atoms with van der Waals surface area (Å²) in [6, 6.07) is 17.9. The molecular formula is C31H30F3N5O2S. The number of pyridine rings is 1. The molecule has 2 aromatic carbocycles. The van der Waals surface area contributed by atoms with Crippen LogP contribution in [0, 0.1) is 20.8 Å². The van der Waals surface area contributed by atoms with Gasteiger partial charge in [-0.2, -0.15) is 13.2 Å². The van der Waals surface area contributed by atoms with Gasteiger partial charge in [0.05, 0.1) is 29.0 Å². The quantitative estimate of drug-likeness (QED) is 0.236. The van der Waals surface area contributed by atoms with Gasteiger partial charge in [0.25, 0.3) is 0 Å². The first kappa shape index (κ1) is 29.3. The summed E-state index contributed by atoms with van der Waals surface area (Å²) in [5, 5.41) is 6.69. The molecule has 1 aliphatic rings. The molecule has 4 aromatic rings. The molecule has 2 aromatic heterocycles. The maximum absolute atomic E-state index is 14.0. The summed E-state index contributed by atoms with van der Waals surface area (Å²) in [5.41, 5.74) is 4.43. The van der Waals surface area contributed by atoms with E-state index < -0.39 is 17.8 Å². The normalized spacial score (nSPS) is 16.9. The van der Waals surface area contributed by atoms with E-state index in [-0.39, 0.29) is 24.2 Å². The number of methoxy groups -OCH3 is 1. The monoisotopic (exact) mass is 593 g/mol. The van der Waals surface area contributed by atoms with Crippen LogP contribution < -0.4 is 15.5 Å². The number of carbonyl (C=O) groups excluding carboxylic acids is 1. The standard InChI is InChI=1S/C31H30F3N5O2S/c1-18-15-21(12-13-24(18)36-27(40)17-41-4)39-29(28(37-30(39)42)25-10-7-8-14-35-25)22-16-19(2)38(20(22)3)26-11-6-5-9-23(26)31(32,33)34/h5-16,28-29H,17H2,1-4H3,(H,36,40)(H,37,42).